The van der Waals surface area contributed by atoms with Crippen LogP contribution in [-0.4, -0.2) is 53.3 Å². The van der Waals surface area contributed by atoms with Gasteiger partial charge in [0.2, 0.25) is 0 Å². The van der Waals surface area contributed by atoms with Gasteiger partial charge in [0, 0.05) is 19.6 Å². The molecule has 0 aliphatic carbocycles. The Labute approximate surface area is 149 Å². The molecule has 1 amide bonds. The van der Waals surface area contributed by atoms with Crippen molar-refractivity contribution in [2.45, 2.75) is 52.2 Å². The molecule has 1 N–H and O–H groups in total. The van der Waals surface area contributed by atoms with E-state index in [0.717, 1.165) is 12.8 Å². The zero-order valence-corrected chi connectivity index (χ0v) is 15.5. The summed E-state index contributed by atoms with van der Waals surface area (Å²) >= 11 is 0. The van der Waals surface area contributed by atoms with Gasteiger partial charge in [0.25, 0.3) is 0 Å². The number of carboxylic acids is 1. The van der Waals surface area contributed by atoms with Crippen molar-refractivity contribution in [3.8, 4) is 0 Å². The standard InChI is InChI=1S/C19H28N2O4/c1-5-8-14-13-20(16-10-7-6-9-15(16)17(22)23)11-12-21(14)18(24)25-19(2,3)4/h6-7,9-10,14H,5,8,11-13H2,1-4H3,(H,22,23). The second kappa shape index (κ2) is 7.76. The fourth-order valence-electron chi connectivity index (χ4n) is 3.15. The van der Waals surface area contributed by atoms with Crippen molar-refractivity contribution in [3.63, 3.8) is 0 Å². The highest BCUT2D eigenvalue weighted by atomic mass is 16.6. The Hall–Kier alpha value is -2.24. The van der Waals surface area contributed by atoms with E-state index < -0.39 is 11.6 Å². The van der Waals surface area contributed by atoms with E-state index in [1.807, 2.05) is 32.9 Å². The number of anilines is 1. The largest absolute Gasteiger partial charge is 0.478 e. The minimum atomic E-state index is -0.933. The van der Waals surface area contributed by atoms with Crippen LogP contribution in [0.3, 0.4) is 0 Å². The second-order valence-electron chi connectivity index (χ2n) is 7.38. The predicted molar refractivity (Wildman–Crippen MR) is 97.3 cm³/mol. The van der Waals surface area contributed by atoms with E-state index in [-0.39, 0.29) is 12.1 Å². The third kappa shape index (κ3) is 4.87. The van der Waals surface area contributed by atoms with Crippen molar-refractivity contribution in [1.82, 2.24) is 4.90 Å². The molecular weight excluding hydrogens is 320 g/mol. The van der Waals surface area contributed by atoms with Gasteiger partial charge in [-0.2, -0.15) is 0 Å². The number of carboxylic acid groups (broad SMARTS) is 1. The van der Waals surface area contributed by atoms with Gasteiger partial charge >= 0.3 is 12.1 Å². The molecule has 0 radical (unpaired) electrons. The fraction of sp³-hybridized carbons (Fsp3) is 0.579. The summed E-state index contributed by atoms with van der Waals surface area (Å²) in [6.45, 7) is 9.38. The summed E-state index contributed by atoms with van der Waals surface area (Å²) in [6.07, 6.45) is 1.50. The van der Waals surface area contributed by atoms with E-state index in [0.29, 0.717) is 30.9 Å². The maximum Gasteiger partial charge on any atom is 0.410 e. The third-order valence-corrected chi connectivity index (χ3v) is 4.21. The number of amides is 1. The maximum absolute atomic E-state index is 12.5. The van der Waals surface area contributed by atoms with Gasteiger partial charge in [-0.15, -0.1) is 0 Å². The monoisotopic (exact) mass is 348 g/mol. The van der Waals surface area contributed by atoms with Crippen LogP contribution >= 0.6 is 0 Å². The predicted octanol–water partition coefficient (Wildman–Crippen LogP) is 3.61. The van der Waals surface area contributed by atoms with Gasteiger partial charge in [0.1, 0.15) is 5.60 Å². The molecule has 1 unspecified atom stereocenters. The second-order valence-corrected chi connectivity index (χ2v) is 7.38. The lowest BCUT2D eigenvalue weighted by atomic mass is 10.0. The van der Waals surface area contributed by atoms with Gasteiger partial charge in [-0.25, -0.2) is 9.59 Å². The van der Waals surface area contributed by atoms with Crippen LogP contribution in [0, 0.1) is 0 Å². The van der Waals surface area contributed by atoms with Crippen LogP contribution < -0.4 is 4.90 Å². The fourth-order valence-corrected chi connectivity index (χ4v) is 3.15. The van der Waals surface area contributed by atoms with E-state index in [4.69, 9.17) is 4.74 Å². The smallest absolute Gasteiger partial charge is 0.410 e. The quantitative estimate of drug-likeness (QED) is 0.900. The molecule has 2 rings (SSSR count). The van der Waals surface area contributed by atoms with E-state index in [2.05, 4.69) is 11.8 Å². The molecule has 1 heterocycles. The molecule has 25 heavy (non-hydrogen) atoms. The number of carbonyl (C=O) groups excluding carboxylic acids is 1. The first-order chi connectivity index (χ1) is 11.7. The van der Waals surface area contributed by atoms with E-state index in [1.54, 1.807) is 17.0 Å². The number of hydrogen-bond donors (Lipinski definition) is 1. The Morgan fingerprint density at radius 3 is 2.52 bits per heavy atom. The van der Waals surface area contributed by atoms with Gasteiger partial charge < -0.3 is 19.6 Å². The highest BCUT2D eigenvalue weighted by Gasteiger charge is 2.33. The average molecular weight is 348 g/mol. The SMILES string of the molecule is CCCC1CN(c2ccccc2C(=O)O)CCN1C(=O)OC(C)(C)C. The first kappa shape index (κ1) is 19.1. The van der Waals surface area contributed by atoms with Crippen LogP contribution in [0.5, 0.6) is 0 Å². The average Bonchev–Trinajstić information content (AvgIpc) is 2.53. The molecule has 1 aliphatic rings. The highest BCUT2D eigenvalue weighted by Crippen LogP contribution is 2.26. The molecule has 138 valence electrons. The molecule has 6 nitrogen and oxygen atoms in total. The zero-order valence-electron chi connectivity index (χ0n) is 15.5. The summed E-state index contributed by atoms with van der Waals surface area (Å²) < 4.78 is 5.53. The minimum absolute atomic E-state index is 0.00968. The number of benzene rings is 1. The summed E-state index contributed by atoms with van der Waals surface area (Å²) in [5.74, 6) is -0.933. The van der Waals surface area contributed by atoms with Crippen LogP contribution in [0.25, 0.3) is 0 Å². The number of hydrogen-bond acceptors (Lipinski definition) is 4. The maximum atomic E-state index is 12.5. The van der Waals surface area contributed by atoms with Gasteiger partial charge in [-0.1, -0.05) is 25.5 Å². The molecule has 1 aromatic rings. The molecule has 1 aliphatic heterocycles. The topological polar surface area (TPSA) is 70.1 Å². The number of nitrogens with zero attached hydrogens (tertiary/aromatic N) is 2. The Morgan fingerprint density at radius 1 is 1.24 bits per heavy atom. The highest BCUT2D eigenvalue weighted by molar-refractivity contribution is 5.94. The number of ether oxygens (including phenoxy) is 1. The van der Waals surface area contributed by atoms with Crippen LogP contribution in [-0.2, 0) is 4.74 Å². The summed E-state index contributed by atoms with van der Waals surface area (Å²) in [6, 6.07) is 7.03. The van der Waals surface area contributed by atoms with Crippen molar-refractivity contribution in [1.29, 1.82) is 0 Å². The molecule has 0 bridgehead atoms. The van der Waals surface area contributed by atoms with E-state index in [1.165, 1.54) is 0 Å². The molecular formula is C19H28N2O4. The summed E-state index contributed by atoms with van der Waals surface area (Å²) in [4.78, 5) is 27.8. The number of para-hydroxylation sites is 1. The van der Waals surface area contributed by atoms with Gasteiger partial charge in [-0.3, -0.25) is 0 Å². The number of carbonyl (C=O) groups is 2. The van der Waals surface area contributed by atoms with Crippen molar-refractivity contribution >= 4 is 17.7 Å². The Morgan fingerprint density at radius 2 is 1.92 bits per heavy atom. The van der Waals surface area contributed by atoms with Crippen LogP contribution in [0.4, 0.5) is 10.5 Å². The lowest BCUT2D eigenvalue weighted by molar-refractivity contribution is 0.0130. The van der Waals surface area contributed by atoms with Gasteiger partial charge in [0.05, 0.1) is 17.3 Å². The van der Waals surface area contributed by atoms with Crippen LogP contribution in [0.15, 0.2) is 24.3 Å². The molecule has 1 saturated heterocycles. The summed E-state index contributed by atoms with van der Waals surface area (Å²) in [7, 11) is 0. The minimum Gasteiger partial charge on any atom is -0.478 e. The number of piperazine rings is 1. The zero-order chi connectivity index (χ0) is 18.6. The lowest BCUT2D eigenvalue weighted by Crippen LogP contribution is -2.56. The van der Waals surface area contributed by atoms with Crippen molar-refractivity contribution in [2.24, 2.45) is 0 Å². The van der Waals surface area contributed by atoms with Crippen molar-refractivity contribution in [3.05, 3.63) is 29.8 Å². The van der Waals surface area contributed by atoms with E-state index >= 15 is 0 Å². The van der Waals surface area contributed by atoms with E-state index in [9.17, 15) is 14.7 Å². The summed E-state index contributed by atoms with van der Waals surface area (Å²) in [5, 5.41) is 9.42. The molecule has 1 fully saturated rings. The van der Waals surface area contributed by atoms with Gasteiger partial charge in [-0.05, 0) is 39.3 Å². The third-order valence-electron chi connectivity index (χ3n) is 4.21. The molecule has 0 saturated carbocycles. The van der Waals surface area contributed by atoms with Crippen LogP contribution in [0.2, 0.25) is 0 Å². The lowest BCUT2D eigenvalue weighted by Gasteiger charge is -2.43. The normalized spacial score (nSPS) is 18.2. The van der Waals surface area contributed by atoms with Crippen molar-refractivity contribution in [2.75, 3.05) is 24.5 Å². The molecule has 1 atom stereocenters. The number of aromatic carboxylic acids is 1. The van der Waals surface area contributed by atoms with Crippen LogP contribution in [0.1, 0.15) is 50.9 Å². The molecule has 0 spiro atoms. The molecule has 0 aromatic heterocycles. The molecule has 1 aromatic carbocycles. The molecule has 6 heteroatoms. The summed E-state index contributed by atoms with van der Waals surface area (Å²) in [5.41, 5.74) is 0.476. The number of rotatable bonds is 4. The Balaban J connectivity index is 2.19. The van der Waals surface area contributed by atoms with Gasteiger partial charge in [0.15, 0.2) is 0 Å². The van der Waals surface area contributed by atoms with Crippen molar-refractivity contribution < 1.29 is 19.4 Å². The Bertz CT molecular complexity index is 624. The Kier molecular flexibility index (Phi) is 5.93. The first-order valence-corrected chi connectivity index (χ1v) is 8.80. The first-order valence-electron chi connectivity index (χ1n) is 8.80.